The van der Waals surface area contributed by atoms with Gasteiger partial charge in [-0.05, 0) is 24.7 Å². The molecule has 0 aliphatic rings. The second-order valence-electron chi connectivity index (χ2n) is 4.37. The van der Waals surface area contributed by atoms with E-state index >= 15 is 0 Å². The molecule has 0 aliphatic carbocycles. The van der Waals surface area contributed by atoms with E-state index in [0.29, 0.717) is 23.1 Å². The molecule has 3 nitrogen and oxygen atoms in total. The van der Waals surface area contributed by atoms with E-state index in [4.69, 9.17) is 27.9 Å². The summed E-state index contributed by atoms with van der Waals surface area (Å²) in [5, 5.41) is 1.09. The summed E-state index contributed by atoms with van der Waals surface area (Å²) >= 11 is 11.8. The third kappa shape index (κ3) is 4.48. The molecular formula is C13H17Cl2NO2. The van der Waals surface area contributed by atoms with Crippen LogP contribution < -0.4 is 0 Å². The Balaban J connectivity index is 2.56. The Bertz CT molecular complexity index is 423. The lowest BCUT2D eigenvalue weighted by molar-refractivity contribution is -0.145. The smallest absolute Gasteiger partial charge is 0.309 e. The second kappa shape index (κ2) is 6.98. The van der Waals surface area contributed by atoms with E-state index in [2.05, 4.69) is 0 Å². The molecular weight excluding hydrogens is 273 g/mol. The molecule has 18 heavy (non-hydrogen) atoms. The Morgan fingerprint density at radius 2 is 2.06 bits per heavy atom. The van der Waals surface area contributed by atoms with Crippen LogP contribution in [0.2, 0.25) is 10.0 Å². The van der Waals surface area contributed by atoms with Crippen LogP contribution in [0.4, 0.5) is 0 Å². The average Bonchev–Trinajstić information content (AvgIpc) is 2.32. The normalized spacial score (nSPS) is 12.6. The molecule has 0 spiro atoms. The highest BCUT2D eigenvalue weighted by atomic mass is 35.5. The highest BCUT2D eigenvalue weighted by Gasteiger charge is 2.15. The van der Waals surface area contributed by atoms with Crippen molar-refractivity contribution in [2.75, 3.05) is 20.7 Å². The van der Waals surface area contributed by atoms with E-state index in [1.165, 1.54) is 7.11 Å². The fourth-order valence-electron chi connectivity index (χ4n) is 1.76. The first-order valence-electron chi connectivity index (χ1n) is 5.64. The van der Waals surface area contributed by atoms with Gasteiger partial charge in [0.25, 0.3) is 0 Å². The number of methoxy groups -OCH3 is 1. The quantitative estimate of drug-likeness (QED) is 0.780. The fraction of sp³-hybridized carbons (Fsp3) is 0.462. The van der Waals surface area contributed by atoms with Crippen LogP contribution in [0.25, 0.3) is 0 Å². The zero-order valence-electron chi connectivity index (χ0n) is 10.7. The van der Waals surface area contributed by atoms with Gasteiger partial charge in [-0.1, -0.05) is 36.2 Å². The van der Waals surface area contributed by atoms with Crippen molar-refractivity contribution in [3.63, 3.8) is 0 Å². The first-order valence-corrected chi connectivity index (χ1v) is 6.40. The van der Waals surface area contributed by atoms with E-state index in [-0.39, 0.29) is 11.9 Å². The fourth-order valence-corrected chi connectivity index (χ4v) is 2.08. The standard InChI is InChI=1S/C13H17Cl2NO2/c1-9(13(17)18-3)7-16(2)8-10-4-5-11(14)12(15)6-10/h4-6,9H,7-8H2,1-3H3. The van der Waals surface area contributed by atoms with Gasteiger partial charge in [-0.3, -0.25) is 4.79 Å². The van der Waals surface area contributed by atoms with Gasteiger partial charge in [0.15, 0.2) is 0 Å². The minimum atomic E-state index is -0.198. The van der Waals surface area contributed by atoms with E-state index in [1.54, 1.807) is 6.07 Å². The number of ether oxygens (including phenoxy) is 1. The van der Waals surface area contributed by atoms with Gasteiger partial charge in [0, 0.05) is 13.1 Å². The average molecular weight is 290 g/mol. The summed E-state index contributed by atoms with van der Waals surface area (Å²) in [4.78, 5) is 13.4. The van der Waals surface area contributed by atoms with Crippen LogP contribution in [0.15, 0.2) is 18.2 Å². The van der Waals surface area contributed by atoms with E-state index in [1.807, 2.05) is 31.0 Å². The van der Waals surface area contributed by atoms with E-state index < -0.39 is 0 Å². The van der Waals surface area contributed by atoms with Gasteiger partial charge in [0.1, 0.15) is 0 Å². The summed E-state index contributed by atoms with van der Waals surface area (Å²) in [6, 6.07) is 5.54. The Labute approximate surface area is 118 Å². The van der Waals surface area contributed by atoms with Crippen LogP contribution in [0, 0.1) is 5.92 Å². The molecule has 1 rings (SSSR count). The summed E-state index contributed by atoms with van der Waals surface area (Å²) in [5.41, 5.74) is 1.06. The van der Waals surface area contributed by atoms with Crippen molar-refractivity contribution in [3.05, 3.63) is 33.8 Å². The summed E-state index contributed by atoms with van der Waals surface area (Å²) < 4.78 is 4.69. The Kier molecular flexibility index (Phi) is 5.93. The van der Waals surface area contributed by atoms with E-state index in [0.717, 1.165) is 5.56 Å². The molecule has 0 saturated carbocycles. The van der Waals surface area contributed by atoms with Crippen LogP contribution in [0.5, 0.6) is 0 Å². The lowest BCUT2D eigenvalue weighted by atomic mass is 10.1. The Morgan fingerprint density at radius 1 is 1.39 bits per heavy atom. The van der Waals surface area contributed by atoms with Gasteiger partial charge >= 0.3 is 5.97 Å². The number of benzene rings is 1. The third-order valence-corrected chi connectivity index (χ3v) is 3.36. The van der Waals surface area contributed by atoms with Crippen LogP contribution in [0.3, 0.4) is 0 Å². The number of halogens is 2. The maximum absolute atomic E-state index is 11.3. The molecule has 0 bridgehead atoms. The minimum Gasteiger partial charge on any atom is -0.469 e. The summed E-state index contributed by atoms with van der Waals surface area (Å²) in [5.74, 6) is -0.348. The Morgan fingerprint density at radius 3 is 2.61 bits per heavy atom. The van der Waals surface area contributed by atoms with Crippen LogP contribution >= 0.6 is 23.2 Å². The van der Waals surface area contributed by atoms with Gasteiger partial charge in [-0.15, -0.1) is 0 Å². The molecule has 1 atom stereocenters. The molecule has 1 aromatic rings. The molecule has 100 valence electrons. The second-order valence-corrected chi connectivity index (χ2v) is 5.18. The van der Waals surface area contributed by atoms with E-state index in [9.17, 15) is 4.79 Å². The molecule has 5 heteroatoms. The number of carbonyl (C=O) groups is 1. The number of esters is 1. The number of hydrogen-bond donors (Lipinski definition) is 0. The maximum atomic E-state index is 11.3. The van der Waals surface area contributed by atoms with Gasteiger partial charge in [0.2, 0.25) is 0 Å². The summed E-state index contributed by atoms with van der Waals surface area (Å²) in [6.45, 7) is 3.18. The molecule has 0 radical (unpaired) electrons. The third-order valence-electron chi connectivity index (χ3n) is 2.63. The molecule has 0 N–H and O–H groups in total. The van der Waals surface area contributed by atoms with Crippen LogP contribution in [-0.4, -0.2) is 31.6 Å². The molecule has 1 unspecified atom stereocenters. The van der Waals surface area contributed by atoms with Gasteiger partial charge < -0.3 is 9.64 Å². The van der Waals surface area contributed by atoms with Crippen molar-refractivity contribution >= 4 is 29.2 Å². The molecule has 0 fully saturated rings. The number of nitrogens with zero attached hydrogens (tertiary/aromatic N) is 1. The molecule has 0 saturated heterocycles. The first kappa shape index (κ1) is 15.3. The number of rotatable bonds is 5. The summed E-state index contributed by atoms with van der Waals surface area (Å²) in [6.07, 6.45) is 0. The van der Waals surface area contributed by atoms with Crippen LogP contribution in [-0.2, 0) is 16.1 Å². The Hall–Kier alpha value is -0.770. The van der Waals surface area contributed by atoms with Crippen molar-refractivity contribution in [3.8, 4) is 0 Å². The number of hydrogen-bond acceptors (Lipinski definition) is 3. The predicted molar refractivity (Wildman–Crippen MR) is 74.0 cm³/mol. The SMILES string of the molecule is COC(=O)C(C)CN(C)Cc1ccc(Cl)c(Cl)c1. The van der Waals surface area contributed by atoms with Crippen molar-refractivity contribution in [2.24, 2.45) is 5.92 Å². The van der Waals surface area contributed by atoms with Crippen molar-refractivity contribution in [1.82, 2.24) is 4.90 Å². The lowest BCUT2D eigenvalue weighted by Gasteiger charge is -2.20. The first-order chi connectivity index (χ1) is 8.43. The topological polar surface area (TPSA) is 29.5 Å². The van der Waals surface area contributed by atoms with Crippen LogP contribution in [0.1, 0.15) is 12.5 Å². The van der Waals surface area contributed by atoms with Crippen molar-refractivity contribution < 1.29 is 9.53 Å². The summed E-state index contributed by atoms with van der Waals surface area (Å²) in [7, 11) is 3.35. The molecule has 0 heterocycles. The van der Waals surface area contributed by atoms with Crippen molar-refractivity contribution in [1.29, 1.82) is 0 Å². The zero-order valence-corrected chi connectivity index (χ0v) is 12.3. The highest BCUT2D eigenvalue weighted by molar-refractivity contribution is 6.42. The molecule has 0 aliphatic heterocycles. The van der Waals surface area contributed by atoms with Crippen molar-refractivity contribution in [2.45, 2.75) is 13.5 Å². The predicted octanol–water partition coefficient (Wildman–Crippen LogP) is 3.23. The monoisotopic (exact) mass is 289 g/mol. The van der Waals surface area contributed by atoms with Gasteiger partial charge in [-0.2, -0.15) is 0 Å². The lowest BCUT2D eigenvalue weighted by Crippen LogP contribution is -2.29. The molecule has 1 aromatic carbocycles. The minimum absolute atomic E-state index is 0.150. The molecule has 0 amide bonds. The zero-order chi connectivity index (χ0) is 13.7. The number of carbonyl (C=O) groups excluding carboxylic acids is 1. The van der Waals surface area contributed by atoms with Gasteiger partial charge in [-0.25, -0.2) is 0 Å². The largest absolute Gasteiger partial charge is 0.469 e. The maximum Gasteiger partial charge on any atom is 0.309 e. The van der Waals surface area contributed by atoms with Gasteiger partial charge in [0.05, 0.1) is 23.1 Å². The molecule has 0 aromatic heterocycles. The highest BCUT2D eigenvalue weighted by Crippen LogP contribution is 2.23.